The van der Waals surface area contributed by atoms with Crippen LogP contribution in [-0.4, -0.2) is 37.8 Å². The third-order valence-electron chi connectivity index (χ3n) is 5.57. The molecule has 3 rings (SSSR count). The number of nitrogens with two attached hydrogens (primary N) is 1. The van der Waals surface area contributed by atoms with Gasteiger partial charge in [-0.05, 0) is 49.3 Å². The molecule has 2 aliphatic rings. The van der Waals surface area contributed by atoms with Crippen LogP contribution in [0.4, 0.5) is 0 Å². The van der Waals surface area contributed by atoms with Crippen molar-refractivity contribution in [1.82, 2.24) is 9.62 Å². The second kappa shape index (κ2) is 10.8. The zero-order valence-corrected chi connectivity index (χ0v) is 19.8. The molecule has 1 atom stereocenters. The summed E-state index contributed by atoms with van der Waals surface area (Å²) in [6.07, 6.45) is 8.13. The molecule has 1 saturated carbocycles. The summed E-state index contributed by atoms with van der Waals surface area (Å²) in [6, 6.07) is 7.46. The first-order chi connectivity index (χ1) is 12.9. The number of halogens is 1. The van der Waals surface area contributed by atoms with Gasteiger partial charge < -0.3 is 11.1 Å². The van der Waals surface area contributed by atoms with Crippen molar-refractivity contribution in [3.8, 4) is 0 Å². The molecule has 0 amide bonds. The van der Waals surface area contributed by atoms with Gasteiger partial charge in [-0.25, -0.2) is 13.4 Å². The van der Waals surface area contributed by atoms with Crippen LogP contribution in [0.2, 0.25) is 0 Å². The summed E-state index contributed by atoms with van der Waals surface area (Å²) >= 11 is 0. The highest BCUT2D eigenvalue weighted by molar-refractivity contribution is 14.0. The first-order valence-corrected chi connectivity index (χ1v) is 11.5. The van der Waals surface area contributed by atoms with E-state index in [0.717, 1.165) is 31.2 Å². The topological polar surface area (TPSA) is 87.8 Å². The van der Waals surface area contributed by atoms with Gasteiger partial charge in [0.25, 0.3) is 0 Å². The minimum Gasteiger partial charge on any atom is -0.370 e. The predicted molar refractivity (Wildman–Crippen MR) is 124 cm³/mol. The van der Waals surface area contributed by atoms with E-state index in [1.54, 1.807) is 16.4 Å². The van der Waals surface area contributed by atoms with Crippen molar-refractivity contribution < 1.29 is 8.42 Å². The van der Waals surface area contributed by atoms with E-state index in [-0.39, 0.29) is 24.0 Å². The summed E-state index contributed by atoms with van der Waals surface area (Å²) < 4.78 is 27.2. The van der Waals surface area contributed by atoms with Gasteiger partial charge in [0.05, 0.1) is 11.4 Å². The molecule has 2 fully saturated rings. The molecule has 0 aromatic heterocycles. The molecule has 1 aliphatic heterocycles. The van der Waals surface area contributed by atoms with Crippen molar-refractivity contribution in [2.45, 2.75) is 69.4 Å². The van der Waals surface area contributed by atoms with Crippen LogP contribution in [-0.2, 0) is 16.6 Å². The van der Waals surface area contributed by atoms with Crippen LogP contribution in [0.1, 0.15) is 57.4 Å². The van der Waals surface area contributed by atoms with E-state index in [4.69, 9.17) is 5.73 Å². The molecule has 6 nitrogen and oxygen atoms in total. The van der Waals surface area contributed by atoms with E-state index in [1.807, 2.05) is 12.1 Å². The summed E-state index contributed by atoms with van der Waals surface area (Å²) in [5.41, 5.74) is 6.95. The Balaban J connectivity index is 0.00000280. The lowest BCUT2D eigenvalue weighted by Gasteiger charge is -2.30. The average Bonchev–Trinajstić information content (AvgIpc) is 2.67. The summed E-state index contributed by atoms with van der Waals surface area (Å²) in [6.45, 7) is 3.78. The molecule has 8 heteroatoms. The number of guanidine groups is 1. The van der Waals surface area contributed by atoms with E-state index >= 15 is 0 Å². The Morgan fingerprint density at radius 1 is 1.14 bits per heavy atom. The molecule has 1 unspecified atom stereocenters. The monoisotopic (exact) mass is 520 g/mol. The fourth-order valence-corrected chi connectivity index (χ4v) is 5.56. The van der Waals surface area contributed by atoms with E-state index in [9.17, 15) is 8.42 Å². The van der Waals surface area contributed by atoms with Crippen LogP contribution in [0.3, 0.4) is 0 Å². The Morgan fingerprint density at radius 3 is 2.46 bits per heavy atom. The molecule has 0 spiro atoms. The largest absolute Gasteiger partial charge is 0.370 e. The third kappa shape index (κ3) is 6.32. The maximum atomic E-state index is 12.8. The fourth-order valence-electron chi connectivity index (χ4n) is 3.96. The Bertz CT molecular complexity index is 746. The van der Waals surface area contributed by atoms with E-state index in [1.165, 1.54) is 19.3 Å². The fraction of sp³-hybridized carbons (Fsp3) is 0.650. The summed E-state index contributed by atoms with van der Waals surface area (Å²) in [7, 11) is -3.40. The third-order valence-corrected chi connectivity index (χ3v) is 7.45. The van der Waals surface area contributed by atoms with Crippen LogP contribution in [0.15, 0.2) is 34.2 Å². The number of hydrogen-bond donors (Lipinski definition) is 2. The van der Waals surface area contributed by atoms with Gasteiger partial charge in [0, 0.05) is 19.1 Å². The molecule has 1 aromatic carbocycles. The zero-order chi connectivity index (χ0) is 19.3. The molecule has 0 bridgehead atoms. The second-order valence-electron chi connectivity index (χ2n) is 7.94. The van der Waals surface area contributed by atoms with Crippen LogP contribution >= 0.6 is 24.0 Å². The van der Waals surface area contributed by atoms with Crippen LogP contribution in [0.25, 0.3) is 0 Å². The van der Waals surface area contributed by atoms with E-state index in [2.05, 4.69) is 17.2 Å². The Kier molecular flexibility index (Phi) is 9.01. The van der Waals surface area contributed by atoms with Gasteiger partial charge in [0.15, 0.2) is 5.96 Å². The van der Waals surface area contributed by atoms with Gasteiger partial charge in [-0.3, -0.25) is 0 Å². The van der Waals surface area contributed by atoms with Gasteiger partial charge in [0.2, 0.25) is 10.0 Å². The lowest BCUT2D eigenvalue weighted by Crippen LogP contribution is -2.41. The van der Waals surface area contributed by atoms with Crippen LogP contribution in [0.5, 0.6) is 0 Å². The van der Waals surface area contributed by atoms with Crippen LogP contribution < -0.4 is 11.1 Å². The quantitative estimate of drug-likeness (QED) is 0.354. The smallest absolute Gasteiger partial charge is 0.243 e. The van der Waals surface area contributed by atoms with Gasteiger partial charge in [-0.2, -0.15) is 4.31 Å². The molecule has 3 N–H and O–H groups in total. The number of aliphatic imine (C=N–C) groups is 1. The van der Waals surface area contributed by atoms with E-state index < -0.39 is 10.0 Å². The Hall–Kier alpha value is -0.870. The summed E-state index contributed by atoms with van der Waals surface area (Å²) in [4.78, 5) is 4.76. The minimum atomic E-state index is -3.40. The Morgan fingerprint density at radius 2 is 1.82 bits per heavy atom. The van der Waals surface area contributed by atoms with Crippen molar-refractivity contribution in [2.75, 3.05) is 13.1 Å². The SMILES string of the molecule is CC1CCCN(S(=O)(=O)c2ccc(CN=C(N)NC3CCCCC3)cc2)C1.I. The molecule has 1 aliphatic carbocycles. The molecular formula is C20H33IN4O2S. The normalized spacial score (nSPS) is 22.5. The van der Waals surface area contributed by atoms with Crippen molar-refractivity contribution in [1.29, 1.82) is 0 Å². The number of piperidine rings is 1. The molecule has 1 aromatic rings. The predicted octanol–water partition coefficient (Wildman–Crippen LogP) is 3.46. The first-order valence-electron chi connectivity index (χ1n) is 10.1. The molecule has 1 heterocycles. The highest BCUT2D eigenvalue weighted by Crippen LogP contribution is 2.23. The average molecular weight is 520 g/mol. The number of sulfonamides is 1. The maximum absolute atomic E-state index is 12.8. The molecular weight excluding hydrogens is 487 g/mol. The number of rotatable bonds is 5. The number of nitrogens with one attached hydrogen (secondary N) is 1. The molecule has 158 valence electrons. The van der Waals surface area contributed by atoms with Crippen molar-refractivity contribution in [3.05, 3.63) is 29.8 Å². The minimum absolute atomic E-state index is 0. The lowest BCUT2D eigenvalue weighted by atomic mass is 9.96. The van der Waals surface area contributed by atoms with Crippen molar-refractivity contribution >= 4 is 40.0 Å². The standard InChI is InChI=1S/C20H32N4O2S.HI/c1-16-6-5-13-24(15-16)27(25,26)19-11-9-17(10-12-19)14-22-20(21)23-18-7-3-2-4-8-18;/h9-12,16,18H,2-8,13-15H2,1H3,(H3,21,22,23);1H. The highest BCUT2D eigenvalue weighted by Gasteiger charge is 2.28. The number of hydrogen-bond acceptors (Lipinski definition) is 3. The zero-order valence-electron chi connectivity index (χ0n) is 16.6. The molecule has 0 radical (unpaired) electrons. The van der Waals surface area contributed by atoms with Gasteiger partial charge in [-0.15, -0.1) is 24.0 Å². The second-order valence-corrected chi connectivity index (χ2v) is 9.87. The van der Waals surface area contributed by atoms with E-state index in [0.29, 0.717) is 42.4 Å². The molecule has 1 saturated heterocycles. The maximum Gasteiger partial charge on any atom is 0.243 e. The van der Waals surface area contributed by atoms with Crippen molar-refractivity contribution in [3.63, 3.8) is 0 Å². The summed E-state index contributed by atoms with van der Waals surface area (Å²) in [5.74, 6) is 0.891. The Labute approximate surface area is 186 Å². The van der Waals surface area contributed by atoms with Crippen LogP contribution in [0, 0.1) is 5.92 Å². The number of benzene rings is 1. The van der Waals surface area contributed by atoms with Gasteiger partial charge in [-0.1, -0.05) is 38.3 Å². The summed E-state index contributed by atoms with van der Waals surface area (Å²) in [5, 5.41) is 3.30. The van der Waals surface area contributed by atoms with Crippen molar-refractivity contribution in [2.24, 2.45) is 16.6 Å². The molecule has 28 heavy (non-hydrogen) atoms. The number of nitrogens with zero attached hydrogens (tertiary/aromatic N) is 2. The van der Waals surface area contributed by atoms with Gasteiger partial charge in [0.1, 0.15) is 0 Å². The highest BCUT2D eigenvalue weighted by atomic mass is 127. The lowest BCUT2D eigenvalue weighted by molar-refractivity contribution is 0.281. The first kappa shape index (κ1) is 23.4. The van der Waals surface area contributed by atoms with Gasteiger partial charge >= 0.3 is 0 Å².